The molecular weight excluding hydrogens is 873 g/mol. The molecule has 16 heteroatoms. The number of rotatable bonds is 15. The van der Waals surface area contributed by atoms with E-state index in [1.165, 1.54) is 19.2 Å². The molecule has 0 spiro atoms. The van der Waals surface area contributed by atoms with Gasteiger partial charge in [-0.05, 0) is 77.4 Å². The number of unbranched alkanes of at least 4 members (excludes halogenated alkanes) is 1. The average molecular weight is 918 g/mol. The van der Waals surface area contributed by atoms with Crippen molar-refractivity contribution < 1.29 is 67.6 Å². The molecule has 346 valence electrons. The number of anilines is 1. The maximum atomic E-state index is 14.9. The first-order chi connectivity index (χ1) is 30.9. The van der Waals surface area contributed by atoms with Crippen molar-refractivity contribution in [3.05, 3.63) is 125 Å². The molecule has 2 heterocycles. The highest BCUT2D eigenvalue weighted by Crippen LogP contribution is 2.61. The van der Waals surface area contributed by atoms with Gasteiger partial charge in [0.15, 0.2) is 5.60 Å². The van der Waals surface area contributed by atoms with Crippen molar-refractivity contribution in [1.29, 1.82) is 0 Å². The molecule has 0 aromatic heterocycles. The number of methoxy groups -OCH3 is 2. The maximum Gasteiger partial charge on any atom is 0.460 e. The SMILES string of the molecule is CCCCC1(OCCCC(F)(F)C(F)(F)C(F)(F)C(F)(F)F)c2ccccc2-c2c1c1c(c3cc(OC)c(N4CCOCC4)cc23)OC(c2ccc(F)cc2)(c2ccc(OC)cc2)C=C1. The third kappa shape index (κ3) is 7.53. The number of nitrogens with zero attached hydrogens (tertiary/aromatic N) is 1. The summed E-state index contributed by atoms with van der Waals surface area (Å²) in [6.07, 6.45) is -4.99. The van der Waals surface area contributed by atoms with E-state index in [4.69, 9.17) is 23.7 Å². The number of hydrogen-bond donors (Lipinski definition) is 0. The zero-order chi connectivity index (χ0) is 46.6. The van der Waals surface area contributed by atoms with Gasteiger partial charge in [0.05, 0.1) is 33.1 Å². The third-order valence-corrected chi connectivity index (χ3v) is 12.6. The molecule has 2 unspecified atom stereocenters. The third-order valence-electron chi connectivity index (χ3n) is 12.6. The summed E-state index contributed by atoms with van der Waals surface area (Å²) in [7, 11) is 3.08. The first-order valence-corrected chi connectivity index (χ1v) is 21.1. The van der Waals surface area contributed by atoms with Gasteiger partial charge in [-0.15, -0.1) is 0 Å². The van der Waals surface area contributed by atoms with E-state index in [-0.39, 0.29) is 6.42 Å². The van der Waals surface area contributed by atoms with Gasteiger partial charge in [-0.1, -0.05) is 74.4 Å². The monoisotopic (exact) mass is 917 g/mol. The molecule has 6 nitrogen and oxygen atoms in total. The predicted molar refractivity (Wildman–Crippen MR) is 225 cm³/mol. The van der Waals surface area contributed by atoms with Crippen LogP contribution in [0.25, 0.3) is 28.0 Å². The fourth-order valence-electron chi connectivity index (χ4n) is 9.28. The van der Waals surface area contributed by atoms with Crippen LogP contribution in [0.5, 0.6) is 17.2 Å². The van der Waals surface area contributed by atoms with Gasteiger partial charge in [0.1, 0.15) is 28.7 Å². The molecule has 0 bridgehead atoms. The summed E-state index contributed by atoms with van der Waals surface area (Å²) in [5, 5.41) is 1.28. The summed E-state index contributed by atoms with van der Waals surface area (Å²) in [4.78, 5) is 2.12. The smallest absolute Gasteiger partial charge is 0.460 e. The van der Waals surface area contributed by atoms with E-state index in [0.29, 0.717) is 106 Å². The first kappa shape index (κ1) is 46.1. The fraction of sp³-hybridized carbons (Fsp3) is 0.388. The minimum absolute atomic E-state index is 0.214. The van der Waals surface area contributed by atoms with Crippen LogP contribution < -0.4 is 19.1 Å². The van der Waals surface area contributed by atoms with Crippen LogP contribution in [-0.4, -0.2) is 71.1 Å². The maximum absolute atomic E-state index is 14.9. The van der Waals surface area contributed by atoms with Crippen molar-refractivity contribution in [2.45, 2.75) is 74.2 Å². The van der Waals surface area contributed by atoms with Crippen LogP contribution in [0.4, 0.5) is 49.6 Å². The van der Waals surface area contributed by atoms with Crippen molar-refractivity contribution in [2.24, 2.45) is 0 Å². The van der Waals surface area contributed by atoms with Gasteiger partial charge >= 0.3 is 23.9 Å². The number of benzene rings is 5. The highest BCUT2D eigenvalue weighted by Gasteiger charge is 2.81. The Morgan fingerprint density at radius 2 is 1.42 bits per heavy atom. The van der Waals surface area contributed by atoms with E-state index in [2.05, 4.69) is 4.90 Å². The van der Waals surface area contributed by atoms with Crippen LogP contribution in [0.1, 0.15) is 66.8 Å². The van der Waals surface area contributed by atoms with Crippen molar-refractivity contribution in [2.75, 3.05) is 52.0 Å². The zero-order valence-electron chi connectivity index (χ0n) is 35.6. The Hall–Kier alpha value is -5.48. The Morgan fingerprint density at radius 1 is 0.754 bits per heavy atom. The van der Waals surface area contributed by atoms with E-state index in [9.17, 15) is 43.9 Å². The highest BCUT2D eigenvalue weighted by atomic mass is 19.4. The summed E-state index contributed by atoms with van der Waals surface area (Å²) in [6, 6.07) is 24.1. The summed E-state index contributed by atoms with van der Waals surface area (Å²) < 4.78 is 171. The summed E-state index contributed by atoms with van der Waals surface area (Å²) in [5.74, 6) is -18.6. The second kappa shape index (κ2) is 17.1. The van der Waals surface area contributed by atoms with Crippen molar-refractivity contribution in [3.8, 4) is 28.4 Å². The standard InChI is InChI=1S/C49H45F10NO5/c1-4-5-20-45(64-25-8-21-46(51,52)47(53,54)48(55,56)49(57,58)59)38-10-7-6-9-34(38)41-36-28-39(60-23-26-63-27-24-60)40(62-3)29-37(36)43-35(42(41)45)19-22-44(65-43,30-11-15-32(50)16-12-30)31-13-17-33(61-2)18-14-31/h6-7,9-19,22,28-29H,4-5,8,20-21,23-27H2,1-3H3. The van der Waals surface area contributed by atoms with Crippen LogP contribution in [-0.2, 0) is 20.7 Å². The van der Waals surface area contributed by atoms with Crippen molar-refractivity contribution in [1.82, 2.24) is 0 Å². The molecule has 2 atom stereocenters. The van der Waals surface area contributed by atoms with Crippen LogP contribution in [0.2, 0.25) is 0 Å². The Bertz CT molecular complexity index is 2570. The molecule has 5 aromatic carbocycles. The van der Waals surface area contributed by atoms with Gasteiger partial charge in [0, 0.05) is 53.8 Å². The highest BCUT2D eigenvalue weighted by molar-refractivity contribution is 6.10. The number of halogens is 10. The topological polar surface area (TPSA) is 49.4 Å². The van der Waals surface area contributed by atoms with Crippen LogP contribution in [0.3, 0.4) is 0 Å². The molecule has 1 fully saturated rings. The lowest BCUT2D eigenvalue weighted by Gasteiger charge is -2.40. The van der Waals surface area contributed by atoms with Gasteiger partial charge in [-0.2, -0.15) is 39.5 Å². The molecule has 1 saturated heterocycles. The normalized spacial score (nSPS) is 19.7. The van der Waals surface area contributed by atoms with Crippen molar-refractivity contribution >= 4 is 22.5 Å². The molecule has 8 rings (SSSR count). The molecule has 2 aliphatic heterocycles. The number of hydrogen-bond acceptors (Lipinski definition) is 6. The average Bonchev–Trinajstić information content (AvgIpc) is 3.59. The lowest BCUT2D eigenvalue weighted by molar-refractivity contribution is -0.396. The lowest BCUT2D eigenvalue weighted by atomic mass is 9.78. The summed E-state index contributed by atoms with van der Waals surface area (Å²) in [6.45, 7) is 3.18. The van der Waals surface area contributed by atoms with E-state index < -0.39 is 60.4 Å². The van der Waals surface area contributed by atoms with E-state index in [0.717, 1.165) is 5.69 Å². The number of alkyl halides is 9. The zero-order valence-corrected chi connectivity index (χ0v) is 35.6. The predicted octanol–water partition coefficient (Wildman–Crippen LogP) is 12.9. The van der Waals surface area contributed by atoms with E-state index in [1.54, 1.807) is 43.5 Å². The van der Waals surface area contributed by atoms with Crippen LogP contribution >= 0.6 is 0 Å². The van der Waals surface area contributed by atoms with Gasteiger partial charge < -0.3 is 28.6 Å². The molecule has 0 saturated carbocycles. The molecule has 5 aromatic rings. The summed E-state index contributed by atoms with van der Waals surface area (Å²) in [5.41, 5.74) is 2.09. The lowest BCUT2D eigenvalue weighted by Crippen LogP contribution is -2.60. The van der Waals surface area contributed by atoms with Gasteiger partial charge in [-0.3, -0.25) is 0 Å². The molecule has 0 radical (unpaired) electrons. The number of fused-ring (bicyclic) bond motifs is 8. The largest absolute Gasteiger partial charge is 0.497 e. The van der Waals surface area contributed by atoms with Crippen LogP contribution in [0.15, 0.2) is 91.0 Å². The quantitative estimate of drug-likeness (QED) is 0.0770. The molecule has 3 aliphatic rings. The Labute approximate surface area is 368 Å². The van der Waals surface area contributed by atoms with Gasteiger partial charge in [-0.25, -0.2) is 4.39 Å². The van der Waals surface area contributed by atoms with Crippen LogP contribution in [0, 0.1) is 5.82 Å². The second-order valence-electron chi connectivity index (χ2n) is 16.3. The number of morpholine rings is 1. The van der Waals surface area contributed by atoms with E-state index >= 15 is 0 Å². The first-order valence-electron chi connectivity index (χ1n) is 21.1. The number of ether oxygens (including phenoxy) is 5. The Balaban J connectivity index is 1.35. The minimum atomic E-state index is -7.00. The second-order valence-corrected chi connectivity index (χ2v) is 16.3. The molecule has 1 aliphatic carbocycles. The molecule has 0 amide bonds. The molecule has 65 heavy (non-hydrogen) atoms. The Kier molecular flexibility index (Phi) is 12.1. The minimum Gasteiger partial charge on any atom is -0.497 e. The summed E-state index contributed by atoms with van der Waals surface area (Å²) >= 11 is 0. The van der Waals surface area contributed by atoms with Gasteiger partial charge in [0.2, 0.25) is 0 Å². The fourth-order valence-corrected chi connectivity index (χ4v) is 9.28. The Morgan fingerprint density at radius 3 is 2.05 bits per heavy atom. The van der Waals surface area contributed by atoms with E-state index in [1.807, 2.05) is 55.5 Å². The van der Waals surface area contributed by atoms with Crippen molar-refractivity contribution in [3.63, 3.8) is 0 Å². The molecule has 0 N–H and O–H groups in total. The van der Waals surface area contributed by atoms with Gasteiger partial charge in [0.25, 0.3) is 0 Å². The molecular formula is C49H45F10NO5.